The lowest BCUT2D eigenvalue weighted by Crippen LogP contribution is -2.57. The van der Waals surface area contributed by atoms with Gasteiger partial charge < -0.3 is 31.9 Å². The molecule has 0 saturated heterocycles. The van der Waals surface area contributed by atoms with Crippen LogP contribution in [-0.4, -0.2) is 63.8 Å². The summed E-state index contributed by atoms with van der Waals surface area (Å²) in [7, 11) is 0. The molecule has 11 heteroatoms. The third kappa shape index (κ3) is 8.95. The van der Waals surface area contributed by atoms with Crippen molar-refractivity contribution in [1.29, 1.82) is 0 Å². The fraction of sp³-hybridized carbons (Fsp3) is 0.333. The van der Waals surface area contributed by atoms with E-state index < -0.39 is 47.9 Å². The van der Waals surface area contributed by atoms with Gasteiger partial charge in [0.05, 0.1) is 6.04 Å². The van der Waals surface area contributed by atoms with Gasteiger partial charge in [-0.25, -0.2) is 4.79 Å². The molecular weight excluding hydrogens is 472 g/mol. The van der Waals surface area contributed by atoms with Gasteiger partial charge in [0, 0.05) is 12.2 Å². The molecule has 2 aromatic carbocycles. The van der Waals surface area contributed by atoms with E-state index in [1.165, 1.54) is 19.1 Å². The van der Waals surface area contributed by atoms with E-state index in [0.717, 1.165) is 11.1 Å². The highest BCUT2D eigenvalue weighted by molar-refractivity contribution is 7.80. The van der Waals surface area contributed by atoms with E-state index in [-0.39, 0.29) is 24.3 Å². The predicted octanol–water partition coefficient (Wildman–Crippen LogP) is -0.00660. The standard InChI is InChI=1S/C24H30N4O6S/c1-14(21(30)28-20(13-35)24(33)34)26-23(32)19(12-15-5-3-2-4-6-15)27-22(31)18(25)11-16-7-9-17(29)10-8-16/h2-10,14,18-20,29,35H,11-13,25H2,1H3,(H,26,32)(H,27,31)(H,28,30)(H,33,34). The van der Waals surface area contributed by atoms with Gasteiger partial charge in [0.2, 0.25) is 17.7 Å². The summed E-state index contributed by atoms with van der Waals surface area (Å²) in [6.07, 6.45) is 0.331. The Kier molecular flexibility index (Phi) is 10.6. The number of carboxylic acid groups (broad SMARTS) is 1. The van der Waals surface area contributed by atoms with Crippen molar-refractivity contribution in [3.63, 3.8) is 0 Å². The van der Waals surface area contributed by atoms with Gasteiger partial charge in [-0.3, -0.25) is 14.4 Å². The highest BCUT2D eigenvalue weighted by Crippen LogP contribution is 2.11. The number of carbonyl (C=O) groups excluding carboxylic acids is 3. The summed E-state index contributed by atoms with van der Waals surface area (Å²) in [5.74, 6) is -3.16. The Bertz CT molecular complexity index is 1020. The molecule has 0 heterocycles. The van der Waals surface area contributed by atoms with Crippen LogP contribution in [0, 0.1) is 0 Å². The van der Waals surface area contributed by atoms with Crippen LogP contribution in [0.2, 0.25) is 0 Å². The number of thiol groups is 1. The van der Waals surface area contributed by atoms with Crippen LogP contribution in [0.1, 0.15) is 18.1 Å². The number of nitrogens with two attached hydrogens (primary N) is 1. The fourth-order valence-electron chi connectivity index (χ4n) is 3.18. The quantitative estimate of drug-likeness (QED) is 0.200. The number of phenols is 1. The fourth-order valence-corrected chi connectivity index (χ4v) is 3.43. The summed E-state index contributed by atoms with van der Waals surface area (Å²) >= 11 is 3.90. The van der Waals surface area contributed by atoms with Crippen LogP contribution in [-0.2, 0) is 32.0 Å². The molecule has 0 aliphatic carbocycles. The molecule has 0 saturated carbocycles. The molecule has 2 rings (SSSR count). The molecule has 0 aliphatic heterocycles. The van der Waals surface area contributed by atoms with Crippen molar-refractivity contribution in [2.24, 2.45) is 5.73 Å². The number of amides is 3. The molecule has 2 aromatic rings. The summed E-state index contributed by atoms with van der Waals surface area (Å²) in [5.41, 5.74) is 7.55. The lowest BCUT2D eigenvalue weighted by atomic mass is 10.0. The maximum atomic E-state index is 13.0. The van der Waals surface area contributed by atoms with Gasteiger partial charge in [-0.05, 0) is 36.6 Å². The molecule has 0 aliphatic rings. The number of rotatable bonds is 12. The minimum atomic E-state index is -1.25. The average Bonchev–Trinajstić information content (AvgIpc) is 2.83. The van der Waals surface area contributed by atoms with E-state index in [0.29, 0.717) is 0 Å². The van der Waals surface area contributed by atoms with Crippen LogP contribution in [0.5, 0.6) is 5.75 Å². The lowest BCUT2D eigenvalue weighted by Gasteiger charge is -2.23. The van der Waals surface area contributed by atoms with E-state index in [4.69, 9.17) is 10.8 Å². The normalized spacial score (nSPS) is 14.1. The molecule has 188 valence electrons. The SMILES string of the molecule is CC(NC(=O)C(Cc1ccccc1)NC(=O)C(N)Cc1ccc(O)cc1)C(=O)NC(CS)C(=O)O. The second-order valence-corrected chi connectivity index (χ2v) is 8.41. The summed E-state index contributed by atoms with van der Waals surface area (Å²) in [5, 5.41) is 25.9. The molecule has 3 amide bonds. The van der Waals surface area contributed by atoms with E-state index in [9.17, 15) is 24.3 Å². The van der Waals surface area contributed by atoms with Crippen LogP contribution in [0.3, 0.4) is 0 Å². The summed E-state index contributed by atoms with van der Waals surface area (Å²) < 4.78 is 0. The molecule has 0 aromatic heterocycles. The van der Waals surface area contributed by atoms with Gasteiger partial charge in [0.25, 0.3) is 0 Å². The maximum absolute atomic E-state index is 13.0. The molecule has 4 atom stereocenters. The van der Waals surface area contributed by atoms with Crippen LogP contribution in [0.25, 0.3) is 0 Å². The molecule has 0 bridgehead atoms. The first-order valence-corrected chi connectivity index (χ1v) is 11.6. The van der Waals surface area contributed by atoms with Crippen LogP contribution < -0.4 is 21.7 Å². The Hall–Kier alpha value is -3.57. The number of benzene rings is 2. The Labute approximate surface area is 208 Å². The van der Waals surface area contributed by atoms with E-state index >= 15 is 0 Å². The minimum absolute atomic E-state index is 0.0913. The van der Waals surface area contributed by atoms with Crippen molar-refractivity contribution >= 4 is 36.3 Å². The number of aromatic hydroxyl groups is 1. The zero-order valence-electron chi connectivity index (χ0n) is 19.2. The Morgan fingerprint density at radius 2 is 1.40 bits per heavy atom. The largest absolute Gasteiger partial charge is 0.508 e. The number of aliphatic carboxylic acids is 1. The number of hydrogen-bond acceptors (Lipinski definition) is 7. The topological polar surface area (TPSA) is 171 Å². The van der Waals surface area contributed by atoms with Gasteiger partial charge in [0.1, 0.15) is 23.9 Å². The molecular formula is C24H30N4O6S. The minimum Gasteiger partial charge on any atom is -0.508 e. The highest BCUT2D eigenvalue weighted by atomic mass is 32.1. The number of phenolic OH excluding ortho intramolecular Hbond substituents is 1. The second kappa shape index (κ2) is 13.4. The van der Waals surface area contributed by atoms with Crippen molar-refractivity contribution in [3.05, 3.63) is 65.7 Å². The first kappa shape index (κ1) is 27.7. The first-order valence-electron chi connectivity index (χ1n) is 10.9. The van der Waals surface area contributed by atoms with E-state index in [2.05, 4.69) is 28.6 Å². The summed E-state index contributed by atoms with van der Waals surface area (Å²) in [4.78, 5) is 49.3. The van der Waals surface area contributed by atoms with Crippen molar-refractivity contribution in [2.75, 3.05) is 5.75 Å². The van der Waals surface area contributed by atoms with Gasteiger partial charge in [-0.1, -0.05) is 42.5 Å². The monoisotopic (exact) mass is 502 g/mol. The maximum Gasteiger partial charge on any atom is 0.327 e. The van der Waals surface area contributed by atoms with Crippen LogP contribution in [0.15, 0.2) is 54.6 Å². The van der Waals surface area contributed by atoms with Gasteiger partial charge in [-0.15, -0.1) is 0 Å². The van der Waals surface area contributed by atoms with Gasteiger partial charge in [0.15, 0.2) is 0 Å². The molecule has 0 spiro atoms. The Morgan fingerprint density at radius 1 is 0.829 bits per heavy atom. The molecule has 7 N–H and O–H groups in total. The number of carboxylic acids is 1. The Morgan fingerprint density at radius 3 is 1.97 bits per heavy atom. The lowest BCUT2D eigenvalue weighted by molar-refractivity contribution is -0.141. The Balaban J connectivity index is 2.08. The zero-order valence-corrected chi connectivity index (χ0v) is 20.1. The van der Waals surface area contributed by atoms with Crippen molar-refractivity contribution in [3.8, 4) is 5.75 Å². The number of carbonyl (C=O) groups is 4. The summed E-state index contributed by atoms with van der Waals surface area (Å²) in [6.45, 7) is 1.41. The smallest absolute Gasteiger partial charge is 0.327 e. The van der Waals surface area contributed by atoms with E-state index in [1.807, 2.05) is 6.07 Å². The average molecular weight is 503 g/mol. The highest BCUT2D eigenvalue weighted by Gasteiger charge is 2.28. The molecule has 4 unspecified atom stereocenters. The van der Waals surface area contributed by atoms with Crippen molar-refractivity contribution < 1.29 is 29.4 Å². The second-order valence-electron chi connectivity index (χ2n) is 8.04. The van der Waals surface area contributed by atoms with Crippen LogP contribution >= 0.6 is 12.6 Å². The van der Waals surface area contributed by atoms with Gasteiger partial charge >= 0.3 is 5.97 Å². The number of hydrogen-bond donors (Lipinski definition) is 7. The molecule has 35 heavy (non-hydrogen) atoms. The number of nitrogens with one attached hydrogen (secondary N) is 3. The molecule has 0 radical (unpaired) electrons. The van der Waals surface area contributed by atoms with Crippen molar-refractivity contribution in [1.82, 2.24) is 16.0 Å². The zero-order chi connectivity index (χ0) is 26.0. The third-order valence-electron chi connectivity index (χ3n) is 5.19. The van der Waals surface area contributed by atoms with Crippen molar-refractivity contribution in [2.45, 2.75) is 43.9 Å². The van der Waals surface area contributed by atoms with E-state index in [1.54, 1.807) is 36.4 Å². The summed E-state index contributed by atoms with van der Waals surface area (Å²) in [6, 6.07) is 11.0. The predicted molar refractivity (Wildman–Crippen MR) is 133 cm³/mol. The van der Waals surface area contributed by atoms with Crippen LogP contribution in [0.4, 0.5) is 0 Å². The first-order chi connectivity index (χ1) is 16.6. The third-order valence-corrected chi connectivity index (χ3v) is 5.56. The molecule has 0 fully saturated rings. The molecule has 10 nitrogen and oxygen atoms in total. The van der Waals surface area contributed by atoms with Gasteiger partial charge in [-0.2, -0.15) is 12.6 Å².